The lowest BCUT2D eigenvalue weighted by molar-refractivity contribution is 1.09. The second-order valence-electron chi connectivity index (χ2n) is 3.78. The number of benzene rings is 1. The van der Waals surface area contributed by atoms with E-state index in [4.69, 9.17) is 10.5 Å². The Bertz CT molecular complexity index is 683. The lowest BCUT2D eigenvalue weighted by atomic mass is 10.2. The summed E-state index contributed by atoms with van der Waals surface area (Å²) in [5.74, 6) is 0. The van der Waals surface area contributed by atoms with Crippen LogP contribution in [0.15, 0.2) is 41.0 Å². The molecular formula is C14H9BrN4. The fourth-order valence-corrected chi connectivity index (χ4v) is 2.12. The fraction of sp³-hybridized carbons (Fsp3) is 0.0714. The van der Waals surface area contributed by atoms with Crippen molar-refractivity contribution in [1.29, 1.82) is 10.5 Å². The van der Waals surface area contributed by atoms with Gasteiger partial charge in [-0.1, -0.05) is 6.07 Å². The lowest BCUT2D eigenvalue weighted by Gasteiger charge is -2.09. The quantitative estimate of drug-likeness (QED) is 0.944. The number of nitrogens with zero attached hydrogens (tertiary/aromatic N) is 3. The van der Waals surface area contributed by atoms with Gasteiger partial charge in [0.15, 0.2) is 0 Å². The smallest absolute Gasteiger partial charge is 0.145 e. The van der Waals surface area contributed by atoms with Crippen LogP contribution in [-0.2, 0) is 6.54 Å². The van der Waals surface area contributed by atoms with Crippen LogP contribution in [0.4, 0.5) is 5.69 Å². The molecule has 1 aromatic heterocycles. The van der Waals surface area contributed by atoms with Crippen LogP contribution in [0, 0.1) is 22.7 Å². The third kappa shape index (κ3) is 3.09. The molecule has 0 saturated heterocycles. The molecule has 1 N–H and O–H groups in total. The maximum atomic E-state index is 8.95. The first-order valence-corrected chi connectivity index (χ1v) is 6.31. The van der Waals surface area contributed by atoms with Gasteiger partial charge in [0.1, 0.15) is 11.8 Å². The second kappa shape index (κ2) is 5.99. The number of hydrogen-bond donors (Lipinski definition) is 1. The monoisotopic (exact) mass is 312 g/mol. The van der Waals surface area contributed by atoms with Crippen LogP contribution in [-0.4, -0.2) is 4.98 Å². The average molecular weight is 313 g/mol. The van der Waals surface area contributed by atoms with E-state index in [1.807, 2.05) is 12.1 Å². The summed E-state index contributed by atoms with van der Waals surface area (Å²) >= 11 is 3.40. The number of anilines is 1. The molecule has 2 aromatic rings. The summed E-state index contributed by atoms with van der Waals surface area (Å²) < 4.78 is 0.814. The molecule has 0 atom stereocenters. The van der Waals surface area contributed by atoms with E-state index in [1.165, 1.54) is 0 Å². The maximum absolute atomic E-state index is 8.95. The SMILES string of the molecule is N#Cc1ccc(NCc2cccnc2C#N)c(Br)c1. The van der Waals surface area contributed by atoms with Crippen LogP contribution in [0.3, 0.4) is 0 Å². The minimum Gasteiger partial charge on any atom is -0.380 e. The maximum Gasteiger partial charge on any atom is 0.145 e. The van der Waals surface area contributed by atoms with Gasteiger partial charge in [-0.15, -0.1) is 0 Å². The van der Waals surface area contributed by atoms with Crippen molar-refractivity contribution in [3.8, 4) is 12.1 Å². The van der Waals surface area contributed by atoms with Crippen LogP contribution >= 0.6 is 15.9 Å². The molecule has 0 aliphatic rings. The van der Waals surface area contributed by atoms with Gasteiger partial charge >= 0.3 is 0 Å². The zero-order valence-corrected chi connectivity index (χ0v) is 11.5. The third-order valence-corrected chi connectivity index (χ3v) is 3.22. The summed E-state index contributed by atoms with van der Waals surface area (Å²) in [6.07, 6.45) is 1.60. The zero-order chi connectivity index (χ0) is 13.7. The van der Waals surface area contributed by atoms with Crippen LogP contribution in [0.1, 0.15) is 16.8 Å². The Hall–Kier alpha value is -2.37. The van der Waals surface area contributed by atoms with Crippen LogP contribution in [0.25, 0.3) is 0 Å². The molecule has 0 aliphatic heterocycles. The molecule has 0 bridgehead atoms. The van der Waals surface area contributed by atoms with Crippen molar-refractivity contribution >= 4 is 21.6 Å². The van der Waals surface area contributed by atoms with Crippen LogP contribution < -0.4 is 5.32 Å². The highest BCUT2D eigenvalue weighted by molar-refractivity contribution is 9.10. The molecule has 0 fully saturated rings. The Labute approximate surface area is 119 Å². The Morgan fingerprint density at radius 3 is 2.74 bits per heavy atom. The summed E-state index contributed by atoms with van der Waals surface area (Å²) in [5, 5.41) is 21.0. The van der Waals surface area contributed by atoms with Gasteiger partial charge in [0.05, 0.1) is 11.6 Å². The van der Waals surface area contributed by atoms with Crippen molar-refractivity contribution in [3.05, 3.63) is 57.8 Å². The molecule has 0 amide bonds. The Morgan fingerprint density at radius 2 is 2.05 bits per heavy atom. The number of nitriles is 2. The fourth-order valence-electron chi connectivity index (χ4n) is 1.60. The standard InChI is InChI=1S/C14H9BrN4/c15-12-6-10(7-16)3-4-13(12)19-9-11-2-1-5-18-14(11)8-17/h1-6,19H,9H2. The van der Waals surface area contributed by atoms with E-state index in [-0.39, 0.29) is 0 Å². The summed E-state index contributed by atoms with van der Waals surface area (Å²) in [6, 6.07) is 13.1. The van der Waals surface area contributed by atoms with Crippen LogP contribution in [0.2, 0.25) is 0 Å². The van der Waals surface area contributed by atoms with E-state index < -0.39 is 0 Å². The first-order chi connectivity index (χ1) is 9.24. The van der Waals surface area contributed by atoms with Crippen molar-refractivity contribution in [2.45, 2.75) is 6.54 Å². The summed E-state index contributed by atoms with van der Waals surface area (Å²) in [5.41, 5.74) is 2.71. The van der Waals surface area contributed by atoms with Gasteiger partial charge in [-0.3, -0.25) is 0 Å². The predicted octanol–water partition coefficient (Wildman–Crippen LogP) is 3.20. The molecule has 4 nitrogen and oxygen atoms in total. The third-order valence-electron chi connectivity index (χ3n) is 2.56. The molecule has 19 heavy (non-hydrogen) atoms. The molecule has 1 heterocycles. The number of aromatic nitrogens is 1. The molecule has 0 spiro atoms. The predicted molar refractivity (Wildman–Crippen MR) is 75.1 cm³/mol. The van der Waals surface area contributed by atoms with Crippen molar-refractivity contribution in [2.75, 3.05) is 5.32 Å². The zero-order valence-electron chi connectivity index (χ0n) is 9.89. The van der Waals surface area contributed by atoms with Crippen molar-refractivity contribution in [3.63, 3.8) is 0 Å². The van der Waals surface area contributed by atoms with E-state index in [1.54, 1.807) is 24.4 Å². The summed E-state index contributed by atoms with van der Waals surface area (Å²) in [7, 11) is 0. The molecule has 0 saturated carbocycles. The van der Waals surface area contributed by atoms with Crippen molar-refractivity contribution in [2.24, 2.45) is 0 Å². The molecule has 92 valence electrons. The van der Waals surface area contributed by atoms with Gasteiger partial charge in [-0.05, 0) is 40.2 Å². The first kappa shape index (κ1) is 13.1. The average Bonchev–Trinajstić information content (AvgIpc) is 2.46. The number of rotatable bonds is 3. The van der Waals surface area contributed by atoms with E-state index in [0.29, 0.717) is 17.8 Å². The van der Waals surface area contributed by atoms with Gasteiger partial charge in [0.25, 0.3) is 0 Å². The molecule has 0 radical (unpaired) electrons. The molecule has 0 aliphatic carbocycles. The second-order valence-corrected chi connectivity index (χ2v) is 4.64. The number of nitrogens with one attached hydrogen (secondary N) is 1. The molecule has 2 rings (SSSR count). The van der Waals surface area contributed by atoms with Crippen molar-refractivity contribution in [1.82, 2.24) is 4.98 Å². The number of pyridine rings is 1. The van der Waals surface area contributed by atoms with Gasteiger partial charge < -0.3 is 5.32 Å². The summed E-state index contributed by atoms with van der Waals surface area (Å²) in [6.45, 7) is 0.501. The lowest BCUT2D eigenvalue weighted by Crippen LogP contribution is -2.03. The van der Waals surface area contributed by atoms with E-state index >= 15 is 0 Å². The van der Waals surface area contributed by atoms with Gasteiger partial charge in [-0.2, -0.15) is 10.5 Å². The number of hydrogen-bond acceptors (Lipinski definition) is 4. The van der Waals surface area contributed by atoms with E-state index in [0.717, 1.165) is 15.7 Å². The highest BCUT2D eigenvalue weighted by atomic mass is 79.9. The van der Waals surface area contributed by atoms with Gasteiger partial charge in [0.2, 0.25) is 0 Å². The molecule has 5 heteroatoms. The number of halogens is 1. The minimum absolute atomic E-state index is 0.416. The van der Waals surface area contributed by atoms with Crippen LogP contribution in [0.5, 0.6) is 0 Å². The highest BCUT2D eigenvalue weighted by Gasteiger charge is 2.04. The topological polar surface area (TPSA) is 72.5 Å². The highest BCUT2D eigenvalue weighted by Crippen LogP contribution is 2.24. The Balaban J connectivity index is 2.16. The first-order valence-electron chi connectivity index (χ1n) is 5.52. The molecular weight excluding hydrogens is 304 g/mol. The Morgan fingerprint density at radius 1 is 1.21 bits per heavy atom. The molecule has 0 unspecified atom stereocenters. The Kier molecular flexibility index (Phi) is 4.12. The van der Waals surface area contributed by atoms with Gasteiger partial charge in [0, 0.05) is 28.5 Å². The van der Waals surface area contributed by atoms with Crippen molar-refractivity contribution < 1.29 is 0 Å². The minimum atomic E-state index is 0.416. The van der Waals surface area contributed by atoms with Gasteiger partial charge in [-0.25, -0.2) is 4.98 Å². The van der Waals surface area contributed by atoms with E-state index in [2.05, 4.69) is 38.4 Å². The van der Waals surface area contributed by atoms with E-state index in [9.17, 15) is 0 Å². The summed E-state index contributed by atoms with van der Waals surface area (Å²) in [4.78, 5) is 4.00. The largest absolute Gasteiger partial charge is 0.380 e. The normalized spacial score (nSPS) is 9.42. The molecule has 1 aromatic carbocycles.